The van der Waals surface area contributed by atoms with Gasteiger partial charge in [0, 0.05) is 66.7 Å². The summed E-state index contributed by atoms with van der Waals surface area (Å²) in [6.45, 7) is 14.0. The van der Waals surface area contributed by atoms with Gasteiger partial charge in [0.05, 0.1) is 25.0 Å². The molecule has 2 aromatic heterocycles. The molecule has 0 spiro atoms. The average molecular weight is 505 g/mol. The predicted molar refractivity (Wildman–Crippen MR) is 143 cm³/mol. The Hall–Kier alpha value is -3.10. The number of hydrogen-bond acceptors (Lipinski definition) is 5. The predicted octanol–water partition coefficient (Wildman–Crippen LogP) is 3.61. The topological polar surface area (TPSA) is 66.3 Å². The highest BCUT2D eigenvalue weighted by molar-refractivity contribution is 5.97. The molecule has 1 unspecified atom stereocenters. The molecule has 0 saturated carbocycles. The number of pyridine rings is 1. The van der Waals surface area contributed by atoms with Crippen LogP contribution in [0.1, 0.15) is 48.8 Å². The first-order chi connectivity index (χ1) is 17.6. The number of nitrogens with zero attached hydrogens (tertiary/aromatic N) is 5. The summed E-state index contributed by atoms with van der Waals surface area (Å²) in [5, 5.41) is 8.13. The van der Waals surface area contributed by atoms with Crippen molar-refractivity contribution in [3.63, 3.8) is 0 Å². The standard InChI is InChI=1S/C29H37FN6O/c1-19-12-33-36(21(19)3)16-25-13-31-20(2)15-34(25)17-28(37)35-18-29(4,5)26-14-32-24(11-27(26)35)10-22-6-8-23(30)9-7-22/h6-9,11-12,14,20,25,31H,10,13,15-18H2,1-5H3/t20-,25?/m1/s1. The van der Waals surface area contributed by atoms with Crippen molar-refractivity contribution < 1.29 is 9.18 Å². The van der Waals surface area contributed by atoms with E-state index in [1.165, 1.54) is 23.4 Å². The Morgan fingerprint density at radius 1 is 1.19 bits per heavy atom. The molecule has 2 aliphatic heterocycles. The van der Waals surface area contributed by atoms with E-state index in [1.807, 2.05) is 23.4 Å². The highest BCUT2D eigenvalue weighted by atomic mass is 19.1. The highest BCUT2D eigenvalue weighted by Gasteiger charge is 2.40. The van der Waals surface area contributed by atoms with E-state index in [0.717, 1.165) is 42.1 Å². The van der Waals surface area contributed by atoms with Gasteiger partial charge in [-0.25, -0.2) is 4.39 Å². The molecular formula is C29H37FN6O. The number of rotatable bonds is 6. The van der Waals surface area contributed by atoms with Gasteiger partial charge in [0.2, 0.25) is 5.91 Å². The van der Waals surface area contributed by atoms with Crippen molar-refractivity contribution in [2.45, 2.75) is 65.1 Å². The van der Waals surface area contributed by atoms with Crippen LogP contribution in [-0.2, 0) is 23.2 Å². The van der Waals surface area contributed by atoms with Crippen LogP contribution in [0.2, 0.25) is 0 Å². The number of hydrogen-bond donors (Lipinski definition) is 1. The van der Waals surface area contributed by atoms with Gasteiger partial charge in [-0.2, -0.15) is 5.10 Å². The Morgan fingerprint density at radius 2 is 1.95 bits per heavy atom. The van der Waals surface area contributed by atoms with Gasteiger partial charge < -0.3 is 10.2 Å². The van der Waals surface area contributed by atoms with Crippen LogP contribution in [0, 0.1) is 19.7 Å². The normalized spacial score (nSPS) is 21.3. The molecular weight excluding hydrogens is 467 g/mol. The minimum Gasteiger partial charge on any atom is -0.311 e. The molecule has 5 rings (SSSR count). The third-order valence-electron chi connectivity index (χ3n) is 7.91. The lowest BCUT2D eigenvalue weighted by atomic mass is 9.88. The van der Waals surface area contributed by atoms with E-state index in [9.17, 15) is 9.18 Å². The summed E-state index contributed by atoms with van der Waals surface area (Å²) in [4.78, 5) is 22.8. The summed E-state index contributed by atoms with van der Waals surface area (Å²) < 4.78 is 15.4. The van der Waals surface area contributed by atoms with Crippen LogP contribution in [0.15, 0.2) is 42.7 Å². The summed E-state index contributed by atoms with van der Waals surface area (Å²) in [5.41, 5.74) is 6.08. The molecule has 7 nitrogen and oxygen atoms in total. The van der Waals surface area contributed by atoms with Crippen LogP contribution in [0.5, 0.6) is 0 Å². The van der Waals surface area contributed by atoms with Crippen LogP contribution < -0.4 is 10.2 Å². The molecule has 2 atom stereocenters. The molecule has 1 fully saturated rings. The maximum Gasteiger partial charge on any atom is 0.241 e. The van der Waals surface area contributed by atoms with Gasteiger partial charge >= 0.3 is 0 Å². The summed E-state index contributed by atoms with van der Waals surface area (Å²) in [7, 11) is 0. The Bertz CT molecular complexity index is 1280. The smallest absolute Gasteiger partial charge is 0.241 e. The van der Waals surface area contributed by atoms with E-state index in [2.05, 4.69) is 54.6 Å². The van der Waals surface area contributed by atoms with Crippen LogP contribution >= 0.6 is 0 Å². The Labute approximate surface area is 218 Å². The van der Waals surface area contributed by atoms with E-state index in [1.54, 1.807) is 12.1 Å². The summed E-state index contributed by atoms with van der Waals surface area (Å²) in [5.74, 6) is -0.138. The zero-order valence-corrected chi connectivity index (χ0v) is 22.5. The first-order valence-corrected chi connectivity index (χ1v) is 13.1. The van der Waals surface area contributed by atoms with Crippen molar-refractivity contribution in [3.05, 3.63) is 76.6 Å². The van der Waals surface area contributed by atoms with Crippen LogP contribution in [0.25, 0.3) is 0 Å². The second kappa shape index (κ2) is 9.99. The van der Waals surface area contributed by atoms with E-state index in [-0.39, 0.29) is 23.2 Å². The summed E-state index contributed by atoms with van der Waals surface area (Å²) >= 11 is 0. The summed E-state index contributed by atoms with van der Waals surface area (Å²) in [6, 6.07) is 9.05. The quantitative estimate of drug-likeness (QED) is 0.556. The molecule has 1 N–H and O–H groups in total. The van der Waals surface area contributed by atoms with Crippen molar-refractivity contribution in [2.24, 2.45) is 0 Å². The maximum atomic E-state index is 13.8. The van der Waals surface area contributed by atoms with Crippen molar-refractivity contribution in [2.75, 3.05) is 31.1 Å². The minimum absolute atomic E-state index is 0.109. The Balaban J connectivity index is 1.36. The van der Waals surface area contributed by atoms with E-state index >= 15 is 0 Å². The summed E-state index contributed by atoms with van der Waals surface area (Å²) in [6.07, 6.45) is 4.42. The van der Waals surface area contributed by atoms with Gasteiger partial charge in [0.1, 0.15) is 5.82 Å². The lowest BCUT2D eigenvalue weighted by molar-refractivity contribution is -0.120. The average Bonchev–Trinajstić information content (AvgIpc) is 3.32. The first kappa shape index (κ1) is 25.5. The first-order valence-electron chi connectivity index (χ1n) is 13.1. The molecule has 1 aromatic carbocycles. The number of aromatic nitrogens is 3. The zero-order valence-electron chi connectivity index (χ0n) is 22.5. The van der Waals surface area contributed by atoms with Gasteiger partial charge in [0.25, 0.3) is 0 Å². The molecule has 37 heavy (non-hydrogen) atoms. The van der Waals surface area contributed by atoms with Gasteiger partial charge in [-0.05, 0) is 50.1 Å². The number of halogens is 1. The van der Waals surface area contributed by atoms with Crippen LogP contribution in [0.3, 0.4) is 0 Å². The molecule has 0 bridgehead atoms. The molecule has 1 amide bonds. The van der Waals surface area contributed by atoms with E-state index in [4.69, 9.17) is 4.98 Å². The monoisotopic (exact) mass is 504 g/mol. The molecule has 1 saturated heterocycles. The van der Waals surface area contributed by atoms with Crippen molar-refractivity contribution in [1.82, 2.24) is 25.0 Å². The molecule has 8 heteroatoms. The number of carbonyl (C=O) groups excluding carboxylic acids is 1. The number of nitrogens with one attached hydrogen (secondary N) is 1. The molecule has 2 aliphatic rings. The minimum atomic E-state index is -0.248. The second-order valence-electron chi connectivity index (χ2n) is 11.3. The largest absolute Gasteiger partial charge is 0.311 e. The highest BCUT2D eigenvalue weighted by Crippen LogP contribution is 2.40. The molecule has 0 radical (unpaired) electrons. The zero-order chi connectivity index (χ0) is 26.3. The molecule has 0 aliphatic carbocycles. The fourth-order valence-corrected chi connectivity index (χ4v) is 5.52. The molecule has 196 valence electrons. The lowest BCUT2D eigenvalue weighted by Crippen LogP contribution is -2.59. The van der Waals surface area contributed by atoms with E-state index in [0.29, 0.717) is 25.6 Å². The molecule has 3 aromatic rings. The fraction of sp³-hybridized carbons (Fsp3) is 0.483. The number of benzene rings is 1. The fourth-order valence-electron chi connectivity index (χ4n) is 5.52. The Kier molecular flexibility index (Phi) is 6.89. The number of fused-ring (bicyclic) bond motifs is 1. The number of piperazine rings is 1. The third kappa shape index (κ3) is 5.31. The second-order valence-corrected chi connectivity index (χ2v) is 11.3. The van der Waals surface area contributed by atoms with Crippen LogP contribution in [0.4, 0.5) is 10.1 Å². The third-order valence-corrected chi connectivity index (χ3v) is 7.91. The van der Waals surface area contributed by atoms with Gasteiger partial charge in [-0.1, -0.05) is 26.0 Å². The molecule has 4 heterocycles. The van der Waals surface area contributed by atoms with Crippen molar-refractivity contribution >= 4 is 11.6 Å². The number of anilines is 1. The van der Waals surface area contributed by atoms with Gasteiger partial charge in [-0.15, -0.1) is 0 Å². The SMILES string of the molecule is Cc1cnn(CC2CN[C@H](C)CN2CC(=O)N2CC(C)(C)c3cnc(Cc4ccc(F)cc4)cc32)c1C. The van der Waals surface area contributed by atoms with Gasteiger partial charge in [-0.3, -0.25) is 19.4 Å². The number of amides is 1. The van der Waals surface area contributed by atoms with Crippen LogP contribution in [-0.4, -0.2) is 63.8 Å². The lowest BCUT2D eigenvalue weighted by Gasteiger charge is -2.39. The number of aryl methyl sites for hydroxylation is 1. The van der Waals surface area contributed by atoms with Crippen molar-refractivity contribution in [1.29, 1.82) is 0 Å². The Morgan fingerprint density at radius 3 is 2.65 bits per heavy atom. The van der Waals surface area contributed by atoms with Crippen molar-refractivity contribution in [3.8, 4) is 0 Å². The van der Waals surface area contributed by atoms with E-state index < -0.39 is 0 Å². The maximum absolute atomic E-state index is 13.8. The number of carbonyl (C=O) groups is 1. The van der Waals surface area contributed by atoms with Gasteiger partial charge in [0.15, 0.2) is 0 Å².